The fourth-order valence-electron chi connectivity index (χ4n) is 4.79. The lowest BCUT2D eigenvalue weighted by Gasteiger charge is -2.37. The molecule has 0 aromatic heterocycles. The van der Waals surface area contributed by atoms with Gasteiger partial charge in [0.05, 0.1) is 17.0 Å². The number of carbonyl (C=O) groups excluding carboxylic acids is 2. The second-order valence-electron chi connectivity index (χ2n) is 11.6. The van der Waals surface area contributed by atoms with Crippen LogP contribution >= 0.6 is 0 Å². The van der Waals surface area contributed by atoms with E-state index in [2.05, 4.69) is 0 Å². The Labute approximate surface area is 259 Å². The van der Waals surface area contributed by atoms with Gasteiger partial charge in [0.15, 0.2) is 6.10 Å². The second kappa shape index (κ2) is 13.4. The molecule has 2 amide bonds. The lowest BCUT2D eigenvalue weighted by Crippen LogP contribution is -2.50. The summed E-state index contributed by atoms with van der Waals surface area (Å²) in [6, 6.07) is 17.2. The number of hydrogen-bond acceptors (Lipinski definition) is 7. The number of alkyl halides is 3. The Morgan fingerprint density at radius 3 is 2.13 bits per heavy atom. The molecular weight excluding hydrogens is 593 g/mol. The van der Waals surface area contributed by atoms with Gasteiger partial charge in [-0.2, -0.15) is 13.2 Å². The Balaban J connectivity index is 1.66. The van der Waals surface area contributed by atoms with Crippen LogP contribution in [0.25, 0.3) is 0 Å². The predicted molar refractivity (Wildman–Crippen MR) is 162 cm³/mol. The zero-order chi connectivity index (χ0) is 32.9. The van der Waals surface area contributed by atoms with E-state index in [4.69, 9.17) is 9.47 Å². The molecule has 0 bridgehead atoms. The molecule has 4 rings (SSSR count). The molecule has 1 aliphatic rings. The third-order valence-corrected chi connectivity index (χ3v) is 7.03. The number of piperazine rings is 1. The number of amides is 2. The van der Waals surface area contributed by atoms with Crippen LogP contribution in [0.4, 0.5) is 35.0 Å². The lowest BCUT2D eigenvalue weighted by atomic mass is 10.1. The minimum atomic E-state index is -4.55. The molecule has 1 heterocycles. The van der Waals surface area contributed by atoms with E-state index < -0.39 is 40.4 Å². The first kappa shape index (κ1) is 33.1. The van der Waals surface area contributed by atoms with Crippen LogP contribution in [0.2, 0.25) is 0 Å². The average Bonchev–Trinajstić information content (AvgIpc) is 2.98. The highest BCUT2D eigenvalue weighted by atomic mass is 19.4. The summed E-state index contributed by atoms with van der Waals surface area (Å²) >= 11 is 0. The fourth-order valence-corrected chi connectivity index (χ4v) is 4.79. The number of halogens is 3. The van der Waals surface area contributed by atoms with Crippen molar-refractivity contribution in [1.29, 1.82) is 0 Å². The molecule has 1 atom stereocenters. The molecular formula is C32H35F3N4O6. The summed E-state index contributed by atoms with van der Waals surface area (Å²) in [5.41, 5.74) is -1.01. The van der Waals surface area contributed by atoms with Gasteiger partial charge in [-0.3, -0.25) is 19.8 Å². The van der Waals surface area contributed by atoms with Crippen LogP contribution in [0.1, 0.15) is 38.8 Å². The van der Waals surface area contributed by atoms with Gasteiger partial charge in [0.1, 0.15) is 17.0 Å². The van der Waals surface area contributed by atoms with Crippen molar-refractivity contribution in [2.24, 2.45) is 0 Å². The van der Waals surface area contributed by atoms with Crippen molar-refractivity contribution in [1.82, 2.24) is 4.90 Å². The molecule has 240 valence electrons. The van der Waals surface area contributed by atoms with Crippen LogP contribution in [-0.2, 0) is 22.3 Å². The maximum absolute atomic E-state index is 13.9. The molecule has 0 aliphatic carbocycles. The highest BCUT2D eigenvalue weighted by Gasteiger charge is 2.33. The number of anilines is 2. The first-order chi connectivity index (χ1) is 21.1. The van der Waals surface area contributed by atoms with Crippen molar-refractivity contribution in [3.05, 3.63) is 94.0 Å². The molecule has 0 spiro atoms. The minimum absolute atomic E-state index is 0.0412. The van der Waals surface area contributed by atoms with Crippen LogP contribution in [0.15, 0.2) is 72.8 Å². The largest absolute Gasteiger partial charge is 0.481 e. The van der Waals surface area contributed by atoms with E-state index in [9.17, 15) is 32.9 Å². The molecule has 3 aromatic rings. The topological polar surface area (TPSA) is 105 Å². The molecule has 3 aromatic carbocycles. The number of ether oxygens (including phenoxy) is 2. The van der Waals surface area contributed by atoms with E-state index in [1.807, 2.05) is 4.90 Å². The number of benzene rings is 3. The monoisotopic (exact) mass is 628 g/mol. The number of hydrogen-bond donors (Lipinski definition) is 0. The van der Waals surface area contributed by atoms with Crippen LogP contribution in [0.3, 0.4) is 0 Å². The Bertz CT molecular complexity index is 1500. The predicted octanol–water partition coefficient (Wildman–Crippen LogP) is 6.67. The zero-order valence-electron chi connectivity index (χ0n) is 25.4. The molecule has 0 saturated carbocycles. The number of para-hydroxylation sites is 1. The van der Waals surface area contributed by atoms with Gasteiger partial charge < -0.3 is 19.3 Å². The van der Waals surface area contributed by atoms with E-state index in [1.54, 1.807) is 62.1 Å². The third-order valence-electron chi connectivity index (χ3n) is 7.03. The van der Waals surface area contributed by atoms with E-state index in [0.717, 1.165) is 17.0 Å². The van der Waals surface area contributed by atoms with Crippen LogP contribution in [0, 0.1) is 10.1 Å². The summed E-state index contributed by atoms with van der Waals surface area (Å²) in [4.78, 5) is 42.7. The quantitative estimate of drug-likeness (QED) is 0.203. The minimum Gasteiger partial charge on any atom is -0.481 e. The summed E-state index contributed by atoms with van der Waals surface area (Å²) in [5.74, 6) is -0.229. The van der Waals surface area contributed by atoms with Gasteiger partial charge in [-0.15, -0.1) is 0 Å². The highest BCUT2D eigenvalue weighted by Crippen LogP contribution is 2.36. The standard InChI is InChI=1S/C32H35F3N4O6/c1-22(44-26-8-6-5-7-9-26)29(40)38(21-23-10-12-24(13-11-23)32(33,34)35)28-20-25(14-15-27(28)39(42)43)36-16-18-37(19-17-36)30(41)45-31(2,3)4/h5-15,20,22H,16-19,21H2,1-4H3. The van der Waals surface area contributed by atoms with Gasteiger partial charge in [-0.05, 0) is 69.7 Å². The van der Waals surface area contributed by atoms with E-state index in [1.165, 1.54) is 31.2 Å². The Morgan fingerprint density at radius 1 is 0.956 bits per heavy atom. The molecule has 45 heavy (non-hydrogen) atoms. The maximum atomic E-state index is 13.9. The molecule has 1 aliphatic heterocycles. The summed E-state index contributed by atoms with van der Waals surface area (Å²) in [5, 5.41) is 12.2. The number of nitro benzene ring substituents is 1. The highest BCUT2D eigenvalue weighted by molar-refractivity contribution is 5.99. The van der Waals surface area contributed by atoms with E-state index >= 15 is 0 Å². The molecule has 0 radical (unpaired) electrons. The third kappa shape index (κ3) is 8.64. The van der Waals surface area contributed by atoms with Crippen molar-refractivity contribution < 1.29 is 37.2 Å². The normalized spacial score (nSPS) is 14.5. The first-order valence-electron chi connectivity index (χ1n) is 14.3. The summed E-state index contributed by atoms with van der Waals surface area (Å²) in [7, 11) is 0. The number of carbonyl (C=O) groups is 2. The van der Waals surface area contributed by atoms with Crippen LogP contribution in [-0.4, -0.2) is 59.7 Å². The van der Waals surface area contributed by atoms with E-state index in [-0.39, 0.29) is 17.9 Å². The Kier molecular flexibility index (Phi) is 9.89. The summed E-state index contributed by atoms with van der Waals surface area (Å²) < 4.78 is 50.9. The summed E-state index contributed by atoms with van der Waals surface area (Å²) in [6.45, 7) is 8.08. The van der Waals surface area contributed by atoms with Gasteiger partial charge in [0.25, 0.3) is 11.6 Å². The molecule has 10 nitrogen and oxygen atoms in total. The van der Waals surface area contributed by atoms with Crippen molar-refractivity contribution in [2.75, 3.05) is 36.0 Å². The molecule has 0 N–H and O–H groups in total. The van der Waals surface area contributed by atoms with E-state index in [0.29, 0.717) is 43.2 Å². The summed E-state index contributed by atoms with van der Waals surface area (Å²) in [6.07, 6.45) is -6.08. The fraction of sp³-hybridized carbons (Fsp3) is 0.375. The Hall–Kier alpha value is -4.81. The Morgan fingerprint density at radius 2 is 1.58 bits per heavy atom. The zero-order valence-corrected chi connectivity index (χ0v) is 25.4. The van der Waals surface area contributed by atoms with Gasteiger partial charge in [-0.1, -0.05) is 30.3 Å². The van der Waals surface area contributed by atoms with Gasteiger partial charge in [0.2, 0.25) is 0 Å². The lowest BCUT2D eigenvalue weighted by molar-refractivity contribution is -0.384. The second-order valence-corrected chi connectivity index (χ2v) is 11.6. The van der Waals surface area contributed by atoms with Crippen LogP contribution in [0.5, 0.6) is 5.75 Å². The maximum Gasteiger partial charge on any atom is 0.416 e. The number of rotatable bonds is 8. The average molecular weight is 629 g/mol. The number of nitro groups is 1. The first-order valence-corrected chi connectivity index (χ1v) is 14.3. The number of nitrogens with zero attached hydrogens (tertiary/aromatic N) is 4. The molecule has 1 unspecified atom stereocenters. The van der Waals surface area contributed by atoms with Crippen molar-refractivity contribution in [3.63, 3.8) is 0 Å². The smallest absolute Gasteiger partial charge is 0.416 e. The van der Waals surface area contributed by atoms with Crippen molar-refractivity contribution in [2.45, 2.75) is 52.1 Å². The van der Waals surface area contributed by atoms with Gasteiger partial charge in [-0.25, -0.2) is 4.79 Å². The molecule has 1 saturated heterocycles. The van der Waals surface area contributed by atoms with Crippen LogP contribution < -0.4 is 14.5 Å². The van der Waals surface area contributed by atoms with Gasteiger partial charge >= 0.3 is 12.3 Å². The molecule has 13 heteroatoms. The molecule has 1 fully saturated rings. The van der Waals surface area contributed by atoms with Gasteiger partial charge in [0, 0.05) is 37.9 Å². The van der Waals surface area contributed by atoms with Crippen molar-refractivity contribution >= 4 is 29.1 Å². The van der Waals surface area contributed by atoms with Crippen molar-refractivity contribution in [3.8, 4) is 5.75 Å². The SMILES string of the molecule is CC(Oc1ccccc1)C(=O)N(Cc1ccc(C(F)(F)F)cc1)c1cc(N2CCN(C(=O)OC(C)(C)C)CC2)ccc1[N+](=O)[O-].